The van der Waals surface area contributed by atoms with E-state index in [1.807, 2.05) is 0 Å². The number of anilines is 1. The molecule has 176 valence electrons. The standard InChI is InChI=1S/C24H22BrN3O6/c25-16-10-8-14(9-11-16)21(30)27-26-20(29)13-34-24(33)15-4-3-5-17(12-15)28-22(31)18-6-1-2-7-19(18)23(28)32/h3-5,8-12,18-19H,1-2,6-7,13H2,(H,26,29)(H,27,30)/t18-,19-/m0/s1. The molecule has 10 heteroatoms. The highest BCUT2D eigenvalue weighted by Crippen LogP contribution is 2.40. The van der Waals surface area contributed by atoms with Crippen LogP contribution in [0.5, 0.6) is 0 Å². The van der Waals surface area contributed by atoms with Gasteiger partial charge in [0.2, 0.25) is 11.8 Å². The summed E-state index contributed by atoms with van der Waals surface area (Å²) in [7, 11) is 0. The number of nitrogens with zero attached hydrogens (tertiary/aromatic N) is 1. The summed E-state index contributed by atoms with van der Waals surface area (Å²) in [6.45, 7) is -0.630. The third-order valence-electron chi connectivity index (χ3n) is 5.94. The van der Waals surface area contributed by atoms with Crippen molar-refractivity contribution in [2.75, 3.05) is 11.5 Å². The minimum atomic E-state index is -0.798. The van der Waals surface area contributed by atoms with E-state index < -0.39 is 24.4 Å². The van der Waals surface area contributed by atoms with Crippen LogP contribution in [-0.2, 0) is 19.1 Å². The molecular weight excluding hydrogens is 506 g/mol. The molecule has 1 saturated heterocycles. The van der Waals surface area contributed by atoms with Crippen molar-refractivity contribution < 1.29 is 28.7 Å². The molecule has 0 radical (unpaired) electrons. The number of rotatable bonds is 5. The van der Waals surface area contributed by atoms with Crippen molar-refractivity contribution in [1.82, 2.24) is 10.9 Å². The number of fused-ring (bicyclic) bond motifs is 1. The lowest BCUT2D eigenvalue weighted by atomic mass is 9.81. The maximum atomic E-state index is 12.8. The highest BCUT2D eigenvalue weighted by molar-refractivity contribution is 9.10. The number of nitrogens with one attached hydrogen (secondary N) is 2. The predicted octanol–water partition coefficient (Wildman–Crippen LogP) is 2.75. The number of carbonyl (C=O) groups is 5. The Bertz CT molecular complexity index is 1130. The maximum Gasteiger partial charge on any atom is 0.338 e. The zero-order valence-electron chi connectivity index (χ0n) is 18.1. The van der Waals surface area contributed by atoms with Crippen LogP contribution >= 0.6 is 15.9 Å². The lowest BCUT2D eigenvalue weighted by Crippen LogP contribution is -2.43. The summed E-state index contributed by atoms with van der Waals surface area (Å²) in [4.78, 5) is 63.2. The van der Waals surface area contributed by atoms with Gasteiger partial charge in [-0.1, -0.05) is 34.8 Å². The van der Waals surface area contributed by atoms with E-state index in [0.717, 1.165) is 22.2 Å². The van der Waals surface area contributed by atoms with Crippen LogP contribution in [0.25, 0.3) is 0 Å². The van der Waals surface area contributed by atoms with Crippen molar-refractivity contribution in [3.8, 4) is 0 Å². The van der Waals surface area contributed by atoms with Crippen LogP contribution in [0.15, 0.2) is 53.0 Å². The predicted molar refractivity (Wildman–Crippen MR) is 124 cm³/mol. The maximum absolute atomic E-state index is 12.8. The summed E-state index contributed by atoms with van der Waals surface area (Å²) in [5.41, 5.74) is 5.15. The number of ether oxygens (including phenoxy) is 1. The molecule has 1 aliphatic carbocycles. The first kappa shape index (κ1) is 23.6. The van der Waals surface area contributed by atoms with Crippen LogP contribution < -0.4 is 15.8 Å². The number of hydrogen-bond acceptors (Lipinski definition) is 6. The fourth-order valence-electron chi connectivity index (χ4n) is 4.24. The Hall–Kier alpha value is -3.53. The number of hydrazine groups is 1. The summed E-state index contributed by atoms with van der Waals surface area (Å²) < 4.78 is 5.82. The zero-order chi connectivity index (χ0) is 24.2. The first-order valence-corrected chi connectivity index (χ1v) is 11.6. The van der Waals surface area contributed by atoms with Crippen LogP contribution in [0, 0.1) is 11.8 Å². The summed E-state index contributed by atoms with van der Waals surface area (Å²) in [5.74, 6) is -3.12. The van der Waals surface area contributed by atoms with Gasteiger partial charge in [0.15, 0.2) is 6.61 Å². The van der Waals surface area contributed by atoms with Gasteiger partial charge in [-0.2, -0.15) is 0 Å². The highest BCUT2D eigenvalue weighted by atomic mass is 79.9. The fourth-order valence-corrected chi connectivity index (χ4v) is 4.50. The number of imide groups is 1. The molecule has 4 rings (SSSR count). The molecule has 4 amide bonds. The largest absolute Gasteiger partial charge is 0.452 e. The van der Waals surface area contributed by atoms with E-state index in [4.69, 9.17) is 4.74 Å². The summed E-state index contributed by atoms with van der Waals surface area (Å²) in [6, 6.07) is 12.5. The fraction of sp³-hybridized carbons (Fsp3) is 0.292. The van der Waals surface area contributed by atoms with Gasteiger partial charge in [-0.25, -0.2) is 4.79 Å². The minimum Gasteiger partial charge on any atom is -0.452 e. The number of amides is 4. The number of hydrogen-bond donors (Lipinski definition) is 2. The number of halogens is 1. The molecule has 34 heavy (non-hydrogen) atoms. The van der Waals surface area contributed by atoms with Gasteiger partial charge < -0.3 is 4.74 Å². The average Bonchev–Trinajstić information content (AvgIpc) is 3.11. The lowest BCUT2D eigenvalue weighted by Gasteiger charge is -2.19. The van der Waals surface area contributed by atoms with Crippen molar-refractivity contribution in [3.05, 3.63) is 64.1 Å². The molecule has 2 aromatic carbocycles. The van der Waals surface area contributed by atoms with Gasteiger partial charge in [-0.15, -0.1) is 0 Å². The van der Waals surface area contributed by atoms with Gasteiger partial charge in [0.05, 0.1) is 23.1 Å². The zero-order valence-corrected chi connectivity index (χ0v) is 19.7. The summed E-state index contributed by atoms with van der Waals surface area (Å²) >= 11 is 3.27. The second-order valence-corrected chi connectivity index (χ2v) is 9.06. The van der Waals surface area contributed by atoms with Crippen LogP contribution in [-0.4, -0.2) is 36.2 Å². The van der Waals surface area contributed by atoms with E-state index in [9.17, 15) is 24.0 Å². The molecule has 2 aliphatic rings. The second kappa shape index (κ2) is 10.2. The average molecular weight is 528 g/mol. The van der Waals surface area contributed by atoms with Crippen molar-refractivity contribution in [2.45, 2.75) is 25.7 Å². The molecule has 1 heterocycles. The monoisotopic (exact) mass is 527 g/mol. The van der Waals surface area contributed by atoms with Crippen molar-refractivity contribution in [2.24, 2.45) is 11.8 Å². The first-order valence-electron chi connectivity index (χ1n) is 10.8. The van der Waals surface area contributed by atoms with Crippen LogP contribution in [0.4, 0.5) is 5.69 Å². The highest BCUT2D eigenvalue weighted by Gasteiger charge is 2.48. The molecule has 9 nitrogen and oxygen atoms in total. The molecule has 0 unspecified atom stereocenters. The Balaban J connectivity index is 1.32. The molecule has 2 aromatic rings. The molecule has 1 saturated carbocycles. The smallest absolute Gasteiger partial charge is 0.338 e. The van der Waals surface area contributed by atoms with E-state index in [0.29, 0.717) is 24.1 Å². The Morgan fingerprint density at radius 3 is 2.21 bits per heavy atom. The Kier molecular flexibility index (Phi) is 7.06. The van der Waals surface area contributed by atoms with Gasteiger partial charge in [0.25, 0.3) is 11.8 Å². The molecule has 1 aliphatic heterocycles. The van der Waals surface area contributed by atoms with E-state index in [1.54, 1.807) is 36.4 Å². The van der Waals surface area contributed by atoms with Gasteiger partial charge in [-0.05, 0) is 55.3 Å². The van der Waals surface area contributed by atoms with Gasteiger partial charge in [0.1, 0.15) is 0 Å². The molecule has 2 fully saturated rings. The van der Waals surface area contributed by atoms with Gasteiger partial charge in [-0.3, -0.25) is 34.9 Å². The lowest BCUT2D eigenvalue weighted by molar-refractivity contribution is -0.125. The molecule has 0 spiro atoms. The quantitative estimate of drug-likeness (QED) is 0.350. The van der Waals surface area contributed by atoms with Crippen LogP contribution in [0.2, 0.25) is 0 Å². The van der Waals surface area contributed by atoms with Crippen molar-refractivity contribution in [3.63, 3.8) is 0 Å². The SMILES string of the molecule is O=C(COC(=O)c1cccc(N2C(=O)[C@H]3CCCC[C@@H]3C2=O)c1)NNC(=O)c1ccc(Br)cc1. The van der Waals surface area contributed by atoms with E-state index >= 15 is 0 Å². The molecule has 2 N–H and O–H groups in total. The Labute approximate surface area is 203 Å². The first-order chi connectivity index (χ1) is 16.3. The summed E-state index contributed by atoms with van der Waals surface area (Å²) in [6.07, 6.45) is 3.24. The Morgan fingerprint density at radius 1 is 0.912 bits per heavy atom. The number of carbonyl (C=O) groups excluding carboxylic acids is 5. The normalized spacial score (nSPS) is 19.4. The van der Waals surface area contributed by atoms with Crippen LogP contribution in [0.1, 0.15) is 46.4 Å². The molecule has 0 aromatic heterocycles. The van der Waals surface area contributed by atoms with Crippen molar-refractivity contribution in [1.29, 1.82) is 0 Å². The van der Waals surface area contributed by atoms with E-state index in [2.05, 4.69) is 26.8 Å². The third kappa shape index (κ3) is 5.01. The molecule has 0 bridgehead atoms. The van der Waals surface area contributed by atoms with Crippen LogP contribution in [0.3, 0.4) is 0 Å². The van der Waals surface area contributed by atoms with Gasteiger partial charge >= 0.3 is 5.97 Å². The summed E-state index contributed by atoms with van der Waals surface area (Å²) in [5, 5.41) is 0. The third-order valence-corrected chi connectivity index (χ3v) is 6.47. The van der Waals surface area contributed by atoms with Crippen molar-refractivity contribution >= 4 is 51.2 Å². The van der Waals surface area contributed by atoms with Gasteiger partial charge in [0, 0.05) is 10.0 Å². The van der Waals surface area contributed by atoms with E-state index in [1.165, 1.54) is 12.1 Å². The van der Waals surface area contributed by atoms with E-state index in [-0.39, 0.29) is 29.2 Å². The Morgan fingerprint density at radius 2 is 1.56 bits per heavy atom. The topological polar surface area (TPSA) is 122 Å². The molecular formula is C24H22BrN3O6. The number of benzene rings is 2. The second-order valence-electron chi connectivity index (χ2n) is 8.14. The molecule has 2 atom stereocenters. The minimum absolute atomic E-state index is 0.0969. The number of esters is 1.